The highest BCUT2D eigenvalue weighted by atomic mass is 19.1. The number of pyridine rings is 1. The zero-order chi connectivity index (χ0) is 20.8. The molecule has 3 rings (SSSR count). The zero-order valence-electron chi connectivity index (χ0n) is 16.3. The number of nitrogens with one attached hydrogen (secondary N) is 3. The first kappa shape index (κ1) is 20.2. The van der Waals surface area contributed by atoms with Crippen LogP contribution in [-0.4, -0.2) is 38.9 Å². The van der Waals surface area contributed by atoms with Crippen molar-refractivity contribution in [3.8, 4) is 17.1 Å². The first-order valence-corrected chi connectivity index (χ1v) is 9.28. The van der Waals surface area contributed by atoms with Gasteiger partial charge in [0.15, 0.2) is 5.82 Å². The Morgan fingerprint density at radius 3 is 2.52 bits per heavy atom. The fraction of sp³-hybridized carbons (Fsp3) is 0.238. The SMILES string of the molecule is CC(C)Nc1nc(-c2cncc(F)c2)nc(NCCc2ccc(O)cc2)c1C=N. The molecule has 2 heterocycles. The van der Waals surface area contributed by atoms with Crippen molar-refractivity contribution >= 4 is 17.9 Å². The predicted molar refractivity (Wildman–Crippen MR) is 112 cm³/mol. The summed E-state index contributed by atoms with van der Waals surface area (Å²) in [6, 6.07) is 8.40. The van der Waals surface area contributed by atoms with Crippen LogP contribution in [0.4, 0.5) is 16.0 Å². The van der Waals surface area contributed by atoms with Crippen LogP contribution in [0.15, 0.2) is 42.7 Å². The third-order valence-corrected chi connectivity index (χ3v) is 4.12. The number of hydrogen-bond donors (Lipinski definition) is 4. The second kappa shape index (κ2) is 9.09. The van der Waals surface area contributed by atoms with Gasteiger partial charge in [-0.15, -0.1) is 0 Å². The first-order valence-electron chi connectivity index (χ1n) is 9.28. The number of rotatable bonds is 8. The Bertz CT molecular complexity index is 991. The summed E-state index contributed by atoms with van der Waals surface area (Å²) in [7, 11) is 0. The van der Waals surface area contributed by atoms with E-state index in [-0.39, 0.29) is 11.8 Å². The van der Waals surface area contributed by atoms with E-state index in [2.05, 4.69) is 25.6 Å². The topological polar surface area (TPSA) is 107 Å². The Morgan fingerprint density at radius 1 is 1.14 bits per heavy atom. The fourth-order valence-electron chi connectivity index (χ4n) is 2.78. The van der Waals surface area contributed by atoms with Gasteiger partial charge in [0.25, 0.3) is 0 Å². The van der Waals surface area contributed by atoms with E-state index in [0.717, 1.165) is 11.8 Å². The lowest BCUT2D eigenvalue weighted by Gasteiger charge is -2.17. The molecular weight excluding hydrogens is 371 g/mol. The highest BCUT2D eigenvalue weighted by Gasteiger charge is 2.15. The standard InChI is InChI=1S/C21H23FN6O/c1-13(2)26-21-18(10-23)20(25-8-7-14-3-5-17(29)6-4-14)27-19(28-21)15-9-16(22)12-24-11-15/h3-6,9-13,23,29H,7-8H2,1-2H3,(H2,25,26,27,28). The van der Waals surface area contributed by atoms with Crippen molar-refractivity contribution < 1.29 is 9.50 Å². The molecule has 3 aromatic rings. The van der Waals surface area contributed by atoms with Crippen LogP contribution in [0.25, 0.3) is 11.4 Å². The zero-order valence-corrected chi connectivity index (χ0v) is 16.3. The third-order valence-electron chi connectivity index (χ3n) is 4.12. The van der Waals surface area contributed by atoms with E-state index in [9.17, 15) is 9.50 Å². The summed E-state index contributed by atoms with van der Waals surface area (Å²) in [6.45, 7) is 4.50. The van der Waals surface area contributed by atoms with Crippen molar-refractivity contribution in [1.82, 2.24) is 15.0 Å². The molecule has 1 aromatic carbocycles. The van der Waals surface area contributed by atoms with Gasteiger partial charge in [-0.3, -0.25) is 4.98 Å². The Hall–Kier alpha value is -3.55. The largest absolute Gasteiger partial charge is 0.508 e. The number of halogens is 1. The highest BCUT2D eigenvalue weighted by Crippen LogP contribution is 2.25. The lowest BCUT2D eigenvalue weighted by atomic mass is 10.1. The van der Waals surface area contributed by atoms with Gasteiger partial charge in [0.1, 0.15) is 23.2 Å². The molecule has 7 nitrogen and oxygen atoms in total. The van der Waals surface area contributed by atoms with Crippen LogP contribution >= 0.6 is 0 Å². The molecule has 0 aliphatic rings. The van der Waals surface area contributed by atoms with Crippen LogP contribution < -0.4 is 10.6 Å². The number of aromatic hydroxyl groups is 1. The average Bonchev–Trinajstić information content (AvgIpc) is 2.69. The molecule has 150 valence electrons. The van der Waals surface area contributed by atoms with Crippen LogP contribution in [-0.2, 0) is 6.42 Å². The summed E-state index contributed by atoms with van der Waals surface area (Å²) in [6.07, 6.45) is 4.52. The molecule has 2 aromatic heterocycles. The van der Waals surface area contributed by atoms with Gasteiger partial charge in [0, 0.05) is 30.6 Å². The van der Waals surface area contributed by atoms with Crippen molar-refractivity contribution in [2.24, 2.45) is 0 Å². The Morgan fingerprint density at radius 2 is 1.86 bits per heavy atom. The molecule has 0 saturated carbocycles. The second-order valence-corrected chi connectivity index (χ2v) is 6.84. The summed E-state index contributed by atoms with van der Waals surface area (Å²) in [4.78, 5) is 12.9. The molecular formula is C21H23FN6O. The van der Waals surface area contributed by atoms with Crippen LogP contribution in [0.2, 0.25) is 0 Å². The fourth-order valence-corrected chi connectivity index (χ4v) is 2.78. The molecule has 8 heteroatoms. The van der Waals surface area contributed by atoms with Gasteiger partial charge in [0.2, 0.25) is 0 Å². The maximum atomic E-state index is 13.6. The molecule has 0 fully saturated rings. The van der Waals surface area contributed by atoms with Gasteiger partial charge in [0.05, 0.1) is 11.8 Å². The molecule has 0 unspecified atom stereocenters. The Kier molecular flexibility index (Phi) is 6.33. The summed E-state index contributed by atoms with van der Waals surface area (Å²) >= 11 is 0. The lowest BCUT2D eigenvalue weighted by molar-refractivity contribution is 0.475. The summed E-state index contributed by atoms with van der Waals surface area (Å²) < 4.78 is 13.6. The normalized spacial score (nSPS) is 10.8. The molecule has 0 bridgehead atoms. The van der Waals surface area contributed by atoms with Crippen LogP contribution in [0, 0.1) is 11.2 Å². The van der Waals surface area contributed by atoms with E-state index in [1.54, 1.807) is 12.1 Å². The number of anilines is 2. The minimum atomic E-state index is -0.470. The molecule has 0 aliphatic carbocycles. The Labute approximate surface area is 168 Å². The monoisotopic (exact) mass is 394 g/mol. The molecule has 0 radical (unpaired) electrons. The molecule has 29 heavy (non-hydrogen) atoms. The number of nitrogens with zero attached hydrogens (tertiary/aromatic N) is 3. The molecule has 0 amide bonds. The van der Waals surface area contributed by atoms with Crippen molar-refractivity contribution in [2.45, 2.75) is 26.3 Å². The quantitative estimate of drug-likeness (QED) is 0.432. The van der Waals surface area contributed by atoms with Crippen molar-refractivity contribution in [3.63, 3.8) is 0 Å². The maximum absolute atomic E-state index is 13.6. The number of hydrogen-bond acceptors (Lipinski definition) is 7. The maximum Gasteiger partial charge on any atom is 0.165 e. The molecule has 0 saturated heterocycles. The van der Waals surface area contributed by atoms with Crippen molar-refractivity contribution in [3.05, 3.63) is 59.7 Å². The van der Waals surface area contributed by atoms with E-state index in [1.807, 2.05) is 26.0 Å². The van der Waals surface area contributed by atoms with E-state index in [4.69, 9.17) is 5.41 Å². The molecule has 0 atom stereocenters. The number of benzene rings is 1. The van der Waals surface area contributed by atoms with Crippen molar-refractivity contribution in [1.29, 1.82) is 5.41 Å². The number of phenols is 1. The molecule has 0 spiro atoms. The summed E-state index contributed by atoms with van der Waals surface area (Å²) in [5.41, 5.74) is 2.03. The van der Waals surface area contributed by atoms with Gasteiger partial charge in [-0.25, -0.2) is 14.4 Å². The summed E-state index contributed by atoms with van der Waals surface area (Å²) in [5.74, 6) is 1.05. The van der Waals surface area contributed by atoms with Crippen LogP contribution in [0.5, 0.6) is 5.75 Å². The predicted octanol–water partition coefficient (Wildman–Crippen LogP) is 3.86. The van der Waals surface area contributed by atoms with E-state index < -0.39 is 5.82 Å². The Balaban J connectivity index is 1.91. The van der Waals surface area contributed by atoms with Gasteiger partial charge in [-0.05, 0) is 44.0 Å². The minimum Gasteiger partial charge on any atom is -0.508 e. The third kappa shape index (κ3) is 5.25. The minimum absolute atomic E-state index is 0.0898. The van der Waals surface area contributed by atoms with Crippen molar-refractivity contribution in [2.75, 3.05) is 17.2 Å². The van der Waals surface area contributed by atoms with Gasteiger partial charge in [-0.2, -0.15) is 0 Å². The van der Waals surface area contributed by atoms with E-state index in [0.29, 0.717) is 41.6 Å². The average molecular weight is 394 g/mol. The smallest absolute Gasteiger partial charge is 0.165 e. The van der Waals surface area contributed by atoms with Crippen LogP contribution in [0.3, 0.4) is 0 Å². The number of aromatic nitrogens is 3. The van der Waals surface area contributed by atoms with E-state index >= 15 is 0 Å². The van der Waals surface area contributed by atoms with E-state index in [1.165, 1.54) is 18.5 Å². The number of phenolic OH excluding ortho intramolecular Hbond substituents is 1. The van der Waals surface area contributed by atoms with Gasteiger partial charge < -0.3 is 21.1 Å². The molecule has 0 aliphatic heterocycles. The second-order valence-electron chi connectivity index (χ2n) is 6.84. The first-order chi connectivity index (χ1) is 14.0. The summed E-state index contributed by atoms with van der Waals surface area (Å²) in [5, 5.41) is 23.7. The lowest BCUT2D eigenvalue weighted by Crippen LogP contribution is -2.17. The molecule has 4 N–H and O–H groups in total. The van der Waals surface area contributed by atoms with Crippen LogP contribution in [0.1, 0.15) is 25.0 Å². The highest BCUT2D eigenvalue weighted by molar-refractivity contribution is 5.91. The van der Waals surface area contributed by atoms with Gasteiger partial charge >= 0.3 is 0 Å². The van der Waals surface area contributed by atoms with Gasteiger partial charge in [-0.1, -0.05) is 12.1 Å².